The molecule has 2 N–H and O–H groups in total. The van der Waals surface area contributed by atoms with Gasteiger partial charge in [-0.1, -0.05) is 12.1 Å². The fourth-order valence-corrected chi connectivity index (χ4v) is 2.04. The lowest BCUT2D eigenvalue weighted by atomic mass is 10.2. The zero-order chi connectivity index (χ0) is 15.9. The van der Waals surface area contributed by atoms with Crippen molar-refractivity contribution >= 4 is 17.3 Å². The predicted octanol–water partition coefficient (Wildman–Crippen LogP) is 3.06. The van der Waals surface area contributed by atoms with Crippen molar-refractivity contribution in [1.82, 2.24) is 0 Å². The fraction of sp³-hybridized carbons (Fsp3) is 0.235. The minimum Gasteiger partial charge on any atom is -0.497 e. The van der Waals surface area contributed by atoms with Crippen LogP contribution in [0.25, 0.3) is 0 Å². The number of hydrogen-bond donors (Lipinski definition) is 2. The molecule has 116 valence electrons. The smallest absolute Gasteiger partial charge is 0.243 e. The van der Waals surface area contributed by atoms with Crippen LogP contribution in [0.1, 0.15) is 5.56 Å². The van der Waals surface area contributed by atoms with Gasteiger partial charge in [-0.3, -0.25) is 4.79 Å². The lowest BCUT2D eigenvalue weighted by molar-refractivity contribution is -0.114. The number of amides is 1. The van der Waals surface area contributed by atoms with Crippen molar-refractivity contribution in [3.8, 4) is 11.5 Å². The molecular formula is C17H20N2O3. The Hall–Kier alpha value is -2.69. The van der Waals surface area contributed by atoms with Crippen LogP contribution in [-0.2, 0) is 4.79 Å². The first-order chi connectivity index (χ1) is 10.6. The Kier molecular flexibility index (Phi) is 5.25. The number of carbonyl (C=O) groups is 1. The zero-order valence-corrected chi connectivity index (χ0v) is 13.0. The van der Waals surface area contributed by atoms with Crippen LogP contribution in [0, 0.1) is 6.92 Å². The molecule has 0 aliphatic heterocycles. The minimum atomic E-state index is -0.159. The van der Waals surface area contributed by atoms with E-state index in [0.717, 1.165) is 11.3 Å². The van der Waals surface area contributed by atoms with Crippen LogP contribution in [0.5, 0.6) is 11.5 Å². The second kappa shape index (κ2) is 7.36. The molecule has 2 aromatic carbocycles. The third-order valence-electron chi connectivity index (χ3n) is 3.15. The Morgan fingerprint density at radius 3 is 2.59 bits per heavy atom. The average molecular weight is 300 g/mol. The maximum Gasteiger partial charge on any atom is 0.243 e. The van der Waals surface area contributed by atoms with Gasteiger partial charge in [0.05, 0.1) is 26.5 Å². The molecule has 0 aromatic heterocycles. The zero-order valence-electron chi connectivity index (χ0n) is 13.0. The molecule has 0 radical (unpaired) electrons. The molecule has 0 bridgehead atoms. The van der Waals surface area contributed by atoms with Gasteiger partial charge >= 0.3 is 0 Å². The number of aryl methyl sites for hydroxylation is 1. The van der Waals surface area contributed by atoms with Crippen LogP contribution in [0.3, 0.4) is 0 Å². The number of anilines is 2. The summed E-state index contributed by atoms with van der Waals surface area (Å²) < 4.78 is 10.4. The number of methoxy groups -OCH3 is 2. The predicted molar refractivity (Wildman–Crippen MR) is 87.8 cm³/mol. The monoisotopic (exact) mass is 300 g/mol. The summed E-state index contributed by atoms with van der Waals surface area (Å²) in [4.78, 5) is 12.1. The molecule has 0 heterocycles. The van der Waals surface area contributed by atoms with Crippen molar-refractivity contribution < 1.29 is 14.3 Å². The summed E-state index contributed by atoms with van der Waals surface area (Å²) in [6.45, 7) is 2.18. The van der Waals surface area contributed by atoms with E-state index in [1.165, 1.54) is 0 Å². The maximum atomic E-state index is 12.1. The Morgan fingerprint density at radius 2 is 1.91 bits per heavy atom. The standard InChI is InChI=1S/C17H20N2O3/c1-12-5-4-6-13(9-12)18-11-17(20)19-15-10-14(21-2)7-8-16(15)22-3/h4-10,18H,11H2,1-3H3,(H,19,20). The number of benzene rings is 2. The molecule has 5 nitrogen and oxygen atoms in total. The Balaban J connectivity index is 1.99. The minimum absolute atomic E-state index is 0.159. The molecule has 1 amide bonds. The highest BCUT2D eigenvalue weighted by molar-refractivity contribution is 5.95. The maximum absolute atomic E-state index is 12.1. The van der Waals surface area contributed by atoms with Crippen LogP contribution < -0.4 is 20.1 Å². The second-order valence-electron chi connectivity index (χ2n) is 4.84. The molecule has 2 aromatic rings. The second-order valence-corrected chi connectivity index (χ2v) is 4.84. The third kappa shape index (κ3) is 4.15. The van der Waals surface area contributed by atoms with E-state index in [0.29, 0.717) is 17.2 Å². The third-order valence-corrected chi connectivity index (χ3v) is 3.15. The normalized spacial score (nSPS) is 9.95. The van der Waals surface area contributed by atoms with E-state index in [-0.39, 0.29) is 12.5 Å². The molecule has 0 atom stereocenters. The van der Waals surface area contributed by atoms with E-state index in [1.807, 2.05) is 31.2 Å². The Bertz CT molecular complexity index is 656. The molecule has 0 aliphatic rings. The molecule has 0 saturated heterocycles. The topological polar surface area (TPSA) is 59.6 Å². The van der Waals surface area contributed by atoms with Crippen molar-refractivity contribution in [3.05, 3.63) is 48.0 Å². The summed E-state index contributed by atoms with van der Waals surface area (Å²) in [5.41, 5.74) is 2.63. The van der Waals surface area contributed by atoms with Crippen molar-refractivity contribution in [2.75, 3.05) is 31.4 Å². The van der Waals surface area contributed by atoms with Gasteiger partial charge in [0.25, 0.3) is 0 Å². The van der Waals surface area contributed by atoms with Gasteiger partial charge in [-0.25, -0.2) is 0 Å². The number of carbonyl (C=O) groups excluding carboxylic acids is 1. The summed E-state index contributed by atoms with van der Waals surface area (Å²) in [6, 6.07) is 13.1. The van der Waals surface area contributed by atoms with Gasteiger partial charge in [0.15, 0.2) is 0 Å². The van der Waals surface area contributed by atoms with Crippen LogP contribution in [0.15, 0.2) is 42.5 Å². The highest BCUT2D eigenvalue weighted by Gasteiger charge is 2.09. The van der Waals surface area contributed by atoms with Gasteiger partial charge in [0.2, 0.25) is 5.91 Å². The Morgan fingerprint density at radius 1 is 1.09 bits per heavy atom. The average Bonchev–Trinajstić information content (AvgIpc) is 2.53. The summed E-state index contributed by atoms with van der Waals surface area (Å²) in [5, 5.41) is 5.90. The van der Waals surface area contributed by atoms with Crippen molar-refractivity contribution in [2.24, 2.45) is 0 Å². The van der Waals surface area contributed by atoms with Gasteiger partial charge in [0.1, 0.15) is 11.5 Å². The summed E-state index contributed by atoms with van der Waals surface area (Å²) in [6.07, 6.45) is 0. The molecule has 0 fully saturated rings. The Labute approximate surface area is 130 Å². The molecule has 0 spiro atoms. The van der Waals surface area contributed by atoms with E-state index in [4.69, 9.17) is 9.47 Å². The molecule has 0 aliphatic carbocycles. The first-order valence-electron chi connectivity index (χ1n) is 6.95. The number of nitrogens with one attached hydrogen (secondary N) is 2. The van der Waals surface area contributed by atoms with Gasteiger partial charge in [0, 0.05) is 11.8 Å². The molecule has 0 unspecified atom stereocenters. The van der Waals surface area contributed by atoms with E-state index >= 15 is 0 Å². The van der Waals surface area contributed by atoms with E-state index < -0.39 is 0 Å². The van der Waals surface area contributed by atoms with Gasteiger partial charge in [-0.2, -0.15) is 0 Å². The van der Waals surface area contributed by atoms with Crippen molar-refractivity contribution in [2.45, 2.75) is 6.92 Å². The van der Waals surface area contributed by atoms with Crippen molar-refractivity contribution in [3.63, 3.8) is 0 Å². The fourth-order valence-electron chi connectivity index (χ4n) is 2.04. The summed E-state index contributed by atoms with van der Waals surface area (Å²) >= 11 is 0. The van der Waals surface area contributed by atoms with Crippen molar-refractivity contribution in [1.29, 1.82) is 0 Å². The SMILES string of the molecule is COc1ccc(OC)c(NC(=O)CNc2cccc(C)c2)c1. The van der Waals surface area contributed by atoms with Gasteiger partial charge < -0.3 is 20.1 Å². The van der Waals surface area contributed by atoms with Crippen LogP contribution >= 0.6 is 0 Å². The summed E-state index contributed by atoms with van der Waals surface area (Å²) in [7, 11) is 3.13. The van der Waals surface area contributed by atoms with Crippen LogP contribution in [0.2, 0.25) is 0 Å². The molecule has 22 heavy (non-hydrogen) atoms. The first-order valence-corrected chi connectivity index (χ1v) is 6.95. The number of ether oxygens (including phenoxy) is 2. The molecule has 0 saturated carbocycles. The van der Waals surface area contributed by atoms with Crippen LogP contribution in [0.4, 0.5) is 11.4 Å². The molecule has 2 rings (SSSR count). The number of rotatable bonds is 6. The lowest BCUT2D eigenvalue weighted by Crippen LogP contribution is -2.22. The van der Waals surface area contributed by atoms with Gasteiger partial charge in [-0.15, -0.1) is 0 Å². The number of hydrogen-bond acceptors (Lipinski definition) is 4. The van der Waals surface area contributed by atoms with E-state index in [1.54, 1.807) is 32.4 Å². The van der Waals surface area contributed by atoms with Gasteiger partial charge in [-0.05, 0) is 36.8 Å². The highest BCUT2D eigenvalue weighted by Crippen LogP contribution is 2.28. The lowest BCUT2D eigenvalue weighted by Gasteiger charge is -2.12. The molecule has 5 heteroatoms. The van der Waals surface area contributed by atoms with E-state index in [9.17, 15) is 4.79 Å². The molecular weight excluding hydrogens is 280 g/mol. The van der Waals surface area contributed by atoms with Crippen LogP contribution in [-0.4, -0.2) is 26.7 Å². The largest absolute Gasteiger partial charge is 0.497 e. The first kappa shape index (κ1) is 15.7. The summed E-state index contributed by atoms with van der Waals surface area (Å²) in [5.74, 6) is 1.08. The quantitative estimate of drug-likeness (QED) is 0.861. The highest BCUT2D eigenvalue weighted by atomic mass is 16.5. The van der Waals surface area contributed by atoms with E-state index in [2.05, 4.69) is 10.6 Å².